The van der Waals surface area contributed by atoms with Crippen LogP contribution < -0.4 is 9.62 Å². The van der Waals surface area contributed by atoms with Crippen LogP contribution in [0.25, 0.3) is 0 Å². The van der Waals surface area contributed by atoms with Gasteiger partial charge in [-0.3, -0.25) is 13.9 Å². The van der Waals surface area contributed by atoms with Crippen LogP contribution in [0.2, 0.25) is 15.1 Å². The molecule has 0 saturated heterocycles. The Labute approximate surface area is 251 Å². The van der Waals surface area contributed by atoms with Crippen molar-refractivity contribution in [1.82, 2.24) is 10.2 Å². The van der Waals surface area contributed by atoms with Gasteiger partial charge in [-0.05, 0) is 69.2 Å². The smallest absolute Gasteiger partial charge is 0.264 e. The molecular formula is C29H32Cl3N3O4S. The lowest BCUT2D eigenvalue weighted by Crippen LogP contribution is -2.52. The number of nitrogens with zero attached hydrogens (tertiary/aromatic N) is 2. The van der Waals surface area contributed by atoms with Crippen LogP contribution in [-0.4, -0.2) is 43.8 Å². The van der Waals surface area contributed by atoms with Crippen molar-refractivity contribution in [3.05, 3.63) is 92.9 Å². The number of amides is 2. The lowest BCUT2D eigenvalue weighted by Gasteiger charge is -2.33. The molecule has 0 aliphatic heterocycles. The van der Waals surface area contributed by atoms with Crippen molar-refractivity contribution in [2.24, 2.45) is 0 Å². The lowest BCUT2D eigenvalue weighted by atomic mass is 10.1. The van der Waals surface area contributed by atoms with Crippen LogP contribution in [0.1, 0.15) is 38.3 Å². The third-order valence-electron chi connectivity index (χ3n) is 6.61. The van der Waals surface area contributed by atoms with Crippen molar-refractivity contribution in [1.29, 1.82) is 0 Å². The van der Waals surface area contributed by atoms with Gasteiger partial charge in [0.2, 0.25) is 11.8 Å². The van der Waals surface area contributed by atoms with Crippen LogP contribution in [-0.2, 0) is 26.2 Å². The Bertz CT molecular complexity index is 1450. The van der Waals surface area contributed by atoms with E-state index in [1.807, 2.05) is 13.8 Å². The normalized spacial score (nSPS) is 12.9. The van der Waals surface area contributed by atoms with E-state index in [0.29, 0.717) is 27.1 Å². The van der Waals surface area contributed by atoms with E-state index in [4.69, 9.17) is 34.8 Å². The monoisotopic (exact) mass is 623 g/mol. The standard InChI is InChI=1S/C29H32Cl3N3O4S/c1-5-20(3)33-29(37)21(4)34(17-24-25(30)12-9-13-26(24)31)28(36)18-35(22-15-14-19(2)27(32)16-22)40(38,39)23-10-7-6-8-11-23/h6-16,20-21H,5,17-18H2,1-4H3,(H,33,37)/t20-,21-/m0/s1. The molecule has 0 aliphatic carbocycles. The zero-order valence-corrected chi connectivity index (χ0v) is 25.8. The molecule has 7 nitrogen and oxygen atoms in total. The van der Waals surface area contributed by atoms with Crippen LogP contribution in [0.5, 0.6) is 0 Å². The summed E-state index contributed by atoms with van der Waals surface area (Å²) in [6, 6.07) is 16.4. The van der Waals surface area contributed by atoms with Crippen molar-refractivity contribution in [2.45, 2.75) is 57.6 Å². The Morgan fingerprint density at radius 1 is 0.900 bits per heavy atom. The molecule has 0 saturated carbocycles. The summed E-state index contributed by atoms with van der Waals surface area (Å²) in [5.41, 5.74) is 1.40. The van der Waals surface area contributed by atoms with Crippen molar-refractivity contribution >= 4 is 62.3 Å². The van der Waals surface area contributed by atoms with E-state index in [1.165, 1.54) is 23.1 Å². The summed E-state index contributed by atoms with van der Waals surface area (Å²) in [4.78, 5) is 28.4. The Morgan fingerprint density at radius 2 is 1.52 bits per heavy atom. The van der Waals surface area contributed by atoms with Crippen LogP contribution in [0.3, 0.4) is 0 Å². The zero-order valence-electron chi connectivity index (χ0n) is 22.7. The molecule has 0 aliphatic rings. The van der Waals surface area contributed by atoms with Crippen LogP contribution in [0.15, 0.2) is 71.6 Å². The van der Waals surface area contributed by atoms with Crippen molar-refractivity contribution < 1.29 is 18.0 Å². The molecule has 0 heterocycles. The molecule has 40 heavy (non-hydrogen) atoms. The van der Waals surface area contributed by atoms with Crippen molar-refractivity contribution in [2.75, 3.05) is 10.8 Å². The third kappa shape index (κ3) is 7.49. The molecule has 214 valence electrons. The maximum Gasteiger partial charge on any atom is 0.264 e. The second-order valence-corrected chi connectivity index (χ2v) is 12.6. The number of benzene rings is 3. The summed E-state index contributed by atoms with van der Waals surface area (Å²) in [6.45, 7) is 6.46. The van der Waals surface area contributed by atoms with Crippen molar-refractivity contribution in [3.63, 3.8) is 0 Å². The maximum atomic E-state index is 14.0. The summed E-state index contributed by atoms with van der Waals surface area (Å²) >= 11 is 19.2. The quantitative estimate of drug-likeness (QED) is 0.265. The fourth-order valence-electron chi connectivity index (χ4n) is 3.89. The first-order chi connectivity index (χ1) is 18.9. The number of hydrogen-bond donors (Lipinski definition) is 1. The highest BCUT2D eigenvalue weighted by molar-refractivity contribution is 7.92. The number of aryl methyl sites for hydroxylation is 1. The van der Waals surface area contributed by atoms with Gasteiger partial charge in [-0.1, -0.05) is 72.1 Å². The zero-order chi connectivity index (χ0) is 29.6. The molecule has 1 N–H and O–H groups in total. The summed E-state index contributed by atoms with van der Waals surface area (Å²) < 4.78 is 28.7. The number of rotatable bonds is 11. The second kappa shape index (κ2) is 13.7. The SMILES string of the molecule is CC[C@H](C)NC(=O)[C@H](C)N(Cc1c(Cl)cccc1Cl)C(=O)CN(c1ccc(C)c(Cl)c1)S(=O)(=O)c1ccccc1. The Morgan fingerprint density at radius 3 is 2.10 bits per heavy atom. The molecule has 0 unspecified atom stereocenters. The first-order valence-electron chi connectivity index (χ1n) is 12.7. The molecule has 3 rings (SSSR count). The highest BCUT2D eigenvalue weighted by Gasteiger charge is 2.33. The molecule has 0 radical (unpaired) electrons. The van der Waals surface area contributed by atoms with Gasteiger partial charge < -0.3 is 10.2 Å². The molecule has 0 bridgehead atoms. The molecule has 0 fully saturated rings. The number of sulfonamides is 1. The number of hydrogen-bond acceptors (Lipinski definition) is 4. The van der Waals surface area contributed by atoms with Gasteiger partial charge in [-0.15, -0.1) is 0 Å². The van der Waals surface area contributed by atoms with E-state index < -0.39 is 28.5 Å². The number of carbonyl (C=O) groups is 2. The minimum atomic E-state index is -4.20. The Balaban J connectivity index is 2.08. The topological polar surface area (TPSA) is 86.8 Å². The van der Waals surface area contributed by atoms with Crippen molar-refractivity contribution in [3.8, 4) is 0 Å². The molecule has 2 atom stereocenters. The van der Waals surface area contributed by atoms with Crippen LogP contribution in [0, 0.1) is 6.92 Å². The van der Waals surface area contributed by atoms with E-state index in [1.54, 1.807) is 62.4 Å². The number of halogens is 3. The Kier molecular flexibility index (Phi) is 10.9. The van der Waals surface area contributed by atoms with Gasteiger partial charge in [0.1, 0.15) is 12.6 Å². The number of anilines is 1. The first kappa shape index (κ1) is 31.7. The molecule has 3 aromatic rings. The minimum absolute atomic E-state index is 0.00255. The fraction of sp³-hybridized carbons (Fsp3) is 0.310. The molecule has 11 heteroatoms. The predicted molar refractivity (Wildman–Crippen MR) is 162 cm³/mol. The average molecular weight is 625 g/mol. The summed E-state index contributed by atoms with van der Waals surface area (Å²) in [6.07, 6.45) is 0.694. The lowest BCUT2D eigenvalue weighted by molar-refractivity contribution is -0.139. The number of carbonyl (C=O) groups excluding carboxylic acids is 2. The van der Waals surface area contributed by atoms with E-state index >= 15 is 0 Å². The summed E-state index contributed by atoms with van der Waals surface area (Å²) in [5.74, 6) is -1.01. The molecule has 0 aromatic heterocycles. The van der Waals surface area contributed by atoms with Crippen LogP contribution in [0.4, 0.5) is 5.69 Å². The van der Waals surface area contributed by atoms with Gasteiger partial charge in [0, 0.05) is 33.2 Å². The summed E-state index contributed by atoms with van der Waals surface area (Å²) in [5, 5.41) is 3.87. The van der Waals surface area contributed by atoms with Crippen LogP contribution >= 0.6 is 34.8 Å². The highest BCUT2D eigenvalue weighted by atomic mass is 35.5. The average Bonchev–Trinajstić information content (AvgIpc) is 2.93. The maximum absolute atomic E-state index is 14.0. The van der Waals surface area contributed by atoms with E-state index in [0.717, 1.165) is 9.87 Å². The fourth-order valence-corrected chi connectivity index (χ4v) is 6.01. The summed E-state index contributed by atoms with van der Waals surface area (Å²) in [7, 11) is -4.20. The van der Waals surface area contributed by atoms with Gasteiger partial charge in [0.15, 0.2) is 0 Å². The van der Waals surface area contributed by atoms with E-state index in [9.17, 15) is 18.0 Å². The molecule has 3 aromatic carbocycles. The third-order valence-corrected chi connectivity index (χ3v) is 9.52. The van der Waals surface area contributed by atoms with Gasteiger partial charge in [-0.25, -0.2) is 8.42 Å². The largest absolute Gasteiger partial charge is 0.352 e. The van der Waals surface area contributed by atoms with Gasteiger partial charge in [-0.2, -0.15) is 0 Å². The highest BCUT2D eigenvalue weighted by Crippen LogP contribution is 2.30. The molecular weight excluding hydrogens is 593 g/mol. The van der Waals surface area contributed by atoms with Gasteiger partial charge >= 0.3 is 0 Å². The van der Waals surface area contributed by atoms with E-state index in [-0.39, 0.29) is 29.1 Å². The molecule has 0 spiro atoms. The predicted octanol–water partition coefficient (Wildman–Crippen LogP) is 6.48. The van der Waals surface area contributed by atoms with E-state index in [2.05, 4.69) is 5.32 Å². The van der Waals surface area contributed by atoms with Gasteiger partial charge in [0.25, 0.3) is 10.0 Å². The first-order valence-corrected chi connectivity index (χ1v) is 15.3. The Hall–Kier alpha value is -2.78. The second-order valence-electron chi connectivity index (χ2n) is 9.47. The minimum Gasteiger partial charge on any atom is -0.352 e. The van der Waals surface area contributed by atoms with Gasteiger partial charge in [0.05, 0.1) is 10.6 Å². The number of nitrogens with one attached hydrogen (secondary N) is 1. The molecule has 2 amide bonds.